The molecule has 158 valence electrons. The highest BCUT2D eigenvalue weighted by atomic mass is 16.7. The van der Waals surface area contributed by atoms with Crippen LogP contribution in [0.15, 0.2) is 12.1 Å². The van der Waals surface area contributed by atoms with Crippen LogP contribution in [0, 0.1) is 13.8 Å². The van der Waals surface area contributed by atoms with Crippen molar-refractivity contribution >= 4 is 11.9 Å². The highest BCUT2D eigenvalue weighted by molar-refractivity contribution is 5.80. The molecule has 6 nitrogen and oxygen atoms in total. The Morgan fingerprint density at radius 1 is 1.11 bits per heavy atom. The summed E-state index contributed by atoms with van der Waals surface area (Å²) in [6.07, 6.45) is 1.02. The third kappa shape index (κ3) is 7.98. The van der Waals surface area contributed by atoms with Crippen LogP contribution in [0.1, 0.15) is 56.7 Å². The van der Waals surface area contributed by atoms with E-state index in [0.717, 1.165) is 29.7 Å². The van der Waals surface area contributed by atoms with Gasteiger partial charge in [-0.2, -0.15) is 0 Å². The lowest BCUT2D eigenvalue weighted by atomic mass is 9.76. The highest BCUT2D eigenvalue weighted by Gasteiger charge is 2.30. The van der Waals surface area contributed by atoms with E-state index in [1.165, 1.54) is 0 Å². The van der Waals surface area contributed by atoms with E-state index < -0.39 is 11.6 Å². The molecule has 1 aromatic carbocycles. The van der Waals surface area contributed by atoms with Crippen LogP contribution in [0.25, 0.3) is 0 Å². The fraction of sp³-hybridized carbons (Fsp3) is 0.636. The second kappa shape index (κ2) is 11.8. The summed E-state index contributed by atoms with van der Waals surface area (Å²) in [4.78, 5) is 24.4. The largest absolute Gasteiger partial charge is 0.513 e. The summed E-state index contributed by atoms with van der Waals surface area (Å²) in [6.45, 7) is 11.7. The summed E-state index contributed by atoms with van der Waals surface area (Å²) >= 11 is 0. The summed E-state index contributed by atoms with van der Waals surface area (Å²) in [6, 6.07) is 3.86. The molecule has 0 fully saturated rings. The molecule has 0 saturated heterocycles. The molecule has 0 aliphatic carbocycles. The quantitative estimate of drug-likeness (QED) is 0.327. The third-order valence-corrected chi connectivity index (χ3v) is 4.43. The van der Waals surface area contributed by atoms with E-state index in [9.17, 15) is 9.59 Å². The average Bonchev–Trinajstić information content (AvgIpc) is 2.56. The number of hydrogen-bond donors (Lipinski definition) is 1. The van der Waals surface area contributed by atoms with Crippen LogP contribution in [0.4, 0.5) is 4.79 Å². The molecule has 0 aromatic heterocycles. The van der Waals surface area contributed by atoms with Crippen LogP contribution in [0.5, 0.6) is 5.75 Å². The molecule has 0 spiro atoms. The van der Waals surface area contributed by atoms with E-state index in [1.54, 1.807) is 0 Å². The molecule has 0 unspecified atom stereocenters. The predicted molar refractivity (Wildman–Crippen MR) is 110 cm³/mol. The fourth-order valence-corrected chi connectivity index (χ4v) is 3.40. The Hall–Kier alpha value is -1.92. The smallest absolute Gasteiger partial charge is 0.432 e. The van der Waals surface area contributed by atoms with Crippen molar-refractivity contribution in [2.45, 2.75) is 59.3 Å². The first-order valence-electron chi connectivity index (χ1n) is 9.91. The molecule has 0 radical (unpaired) electrons. The summed E-state index contributed by atoms with van der Waals surface area (Å²) in [5, 5.41) is 2.97. The molecule has 0 aliphatic heterocycles. The first-order chi connectivity index (χ1) is 13.2. The number of rotatable bonds is 12. The van der Waals surface area contributed by atoms with Gasteiger partial charge in [0.15, 0.2) is 0 Å². The summed E-state index contributed by atoms with van der Waals surface area (Å²) < 4.78 is 16.0. The molecule has 0 bridgehead atoms. The lowest BCUT2D eigenvalue weighted by molar-refractivity contribution is -0.120. The third-order valence-electron chi connectivity index (χ3n) is 4.43. The van der Waals surface area contributed by atoms with Gasteiger partial charge in [0.25, 0.3) is 0 Å². The first-order valence-corrected chi connectivity index (χ1v) is 9.91. The molecule has 0 amide bonds. The molecule has 1 rings (SSSR count). The lowest BCUT2D eigenvalue weighted by Gasteiger charge is -2.29. The Morgan fingerprint density at radius 2 is 1.82 bits per heavy atom. The second-order valence-corrected chi connectivity index (χ2v) is 7.72. The van der Waals surface area contributed by atoms with Crippen LogP contribution >= 0.6 is 0 Å². The van der Waals surface area contributed by atoms with Crippen LogP contribution in [0.2, 0.25) is 0 Å². The van der Waals surface area contributed by atoms with Crippen molar-refractivity contribution < 1.29 is 23.8 Å². The maximum Gasteiger partial charge on any atom is 0.513 e. The Bertz CT molecular complexity index is 655. The zero-order chi connectivity index (χ0) is 21.2. The van der Waals surface area contributed by atoms with E-state index in [-0.39, 0.29) is 12.4 Å². The summed E-state index contributed by atoms with van der Waals surface area (Å²) in [5.41, 5.74) is 2.39. The molecule has 1 aromatic rings. The Balaban J connectivity index is 2.85. The van der Waals surface area contributed by atoms with E-state index in [4.69, 9.17) is 14.2 Å². The van der Waals surface area contributed by atoms with Crippen molar-refractivity contribution in [3.05, 3.63) is 28.8 Å². The molecular formula is C22H35NO5. The van der Waals surface area contributed by atoms with E-state index in [1.807, 2.05) is 53.8 Å². The monoisotopic (exact) mass is 393 g/mol. The van der Waals surface area contributed by atoms with Crippen molar-refractivity contribution in [2.75, 3.05) is 33.4 Å². The zero-order valence-corrected chi connectivity index (χ0v) is 18.1. The lowest BCUT2D eigenvalue weighted by Crippen LogP contribution is -2.25. The van der Waals surface area contributed by atoms with Gasteiger partial charge in [-0.15, -0.1) is 0 Å². The van der Waals surface area contributed by atoms with Crippen LogP contribution in [-0.4, -0.2) is 45.4 Å². The SMILES string of the molecule is CCCC(=O)CC(C)(C)c1c(C)cc(C)cc1OC(=O)OCCOCCNC. The van der Waals surface area contributed by atoms with Gasteiger partial charge in [-0.3, -0.25) is 4.79 Å². The van der Waals surface area contributed by atoms with E-state index in [0.29, 0.717) is 31.8 Å². The van der Waals surface area contributed by atoms with Gasteiger partial charge in [0.05, 0.1) is 13.2 Å². The number of carbonyl (C=O) groups is 2. The number of hydrogen-bond acceptors (Lipinski definition) is 6. The van der Waals surface area contributed by atoms with Crippen molar-refractivity contribution in [1.82, 2.24) is 5.32 Å². The number of Topliss-reactive ketones (excluding diaryl/α,β-unsaturated/α-hetero) is 1. The number of nitrogens with one attached hydrogen (secondary N) is 1. The Kier molecular flexibility index (Phi) is 10.2. The number of likely N-dealkylation sites (N-methyl/N-ethyl adjacent to an activating group) is 1. The maximum atomic E-state index is 12.2. The molecule has 28 heavy (non-hydrogen) atoms. The average molecular weight is 394 g/mol. The van der Waals surface area contributed by atoms with Crippen molar-refractivity contribution in [3.8, 4) is 5.75 Å². The van der Waals surface area contributed by atoms with Gasteiger partial charge < -0.3 is 19.5 Å². The van der Waals surface area contributed by atoms with Gasteiger partial charge in [0.2, 0.25) is 0 Å². The number of carbonyl (C=O) groups excluding carboxylic acids is 2. The molecule has 0 heterocycles. The molecule has 6 heteroatoms. The van der Waals surface area contributed by atoms with Gasteiger partial charge in [0.1, 0.15) is 18.1 Å². The van der Waals surface area contributed by atoms with Crippen molar-refractivity contribution in [3.63, 3.8) is 0 Å². The first kappa shape index (κ1) is 24.1. The van der Waals surface area contributed by atoms with Crippen LogP contribution < -0.4 is 10.1 Å². The second-order valence-electron chi connectivity index (χ2n) is 7.72. The highest BCUT2D eigenvalue weighted by Crippen LogP contribution is 2.38. The Labute approximate surface area is 168 Å². The molecular weight excluding hydrogens is 358 g/mol. The van der Waals surface area contributed by atoms with Gasteiger partial charge in [0, 0.05) is 30.4 Å². The summed E-state index contributed by atoms with van der Waals surface area (Å²) in [7, 11) is 1.84. The number of aryl methyl sites for hydroxylation is 2. The number of benzene rings is 1. The standard InChI is InChI=1S/C22H35NO5/c1-7-8-18(24)15-22(4,5)20-17(3)13-16(2)14-19(20)28-21(25)27-12-11-26-10-9-23-6/h13-14,23H,7-12,15H2,1-6H3. The van der Waals surface area contributed by atoms with E-state index >= 15 is 0 Å². The minimum absolute atomic E-state index is 0.126. The van der Waals surface area contributed by atoms with Crippen molar-refractivity contribution in [2.24, 2.45) is 0 Å². The number of ether oxygens (including phenoxy) is 3. The van der Waals surface area contributed by atoms with Gasteiger partial charge in [-0.25, -0.2) is 4.79 Å². The molecule has 0 aliphatic rings. The van der Waals surface area contributed by atoms with Gasteiger partial charge in [-0.05, 0) is 44.5 Å². The summed E-state index contributed by atoms with van der Waals surface area (Å²) in [5.74, 6) is 0.660. The maximum absolute atomic E-state index is 12.2. The van der Waals surface area contributed by atoms with Crippen LogP contribution in [-0.2, 0) is 19.7 Å². The van der Waals surface area contributed by atoms with E-state index in [2.05, 4.69) is 5.32 Å². The molecule has 1 N–H and O–H groups in total. The number of ketones is 1. The van der Waals surface area contributed by atoms with Gasteiger partial charge >= 0.3 is 6.16 Å². The van der Waals surface area contributed by atoms with Crippen LogP contribution in [0.3, 0.4) is 0 Å². The molecule has 0 atom stereocenters. The zero-order valence-electron chi connectivity index (χ0n) is 18.1. The molecule has 0 saturated carbocycles. The normalized spacial score (nSPS) is 11.4. The minimum atomic E-state index is -0.765. The Morgan fingerprint density at radius 3 is 2.46 bits per heavy atom. The van der Waals surface area contributed by atoms with Crippen molar-refractivity contribution in [1.29, 1.82) is 0 Å². The topological polar surface area (TPSA) is 73.9 Å². The fourth-order valence-electron chi connectivity index (χ4n) is 3.40. The van der Waals surface area contributed by atoms with Gasteiger partial charge in [-0.1, -0.05) is 26.8 Å². The predicted octanol–water partition coefficient (Wildman–Crippen LogP) is 4.09. The minimum Gasteiger partial charge on any atom is -0.432 e.